The fraction of sp³-hybridized carbons (Fsp3) is 0.567. The molecule has 2 aliphatic heterocycles. The van der Waals surface area contributed by atoms with Crippen molar-refractivity contribution in [2.75, 3.05) is 44.5 Å². The van der Waals surface area contributed by atoms with Gasteiger partial charge in [0.05, 0.1) is 32.8 Å². The number of ether oxygens (including phenoxy) is 3. The lowest BCUT2D eigenvalue weighted by molar-refractivity contribution is -0.177. The van der Waals surface area contributed by atoms with E-state index in [0.29, 0.717) is 4.57 Å². The Morgan fingerprint density at radius 2 is 1.75 bits per heavy atom. The minimum Gasteiger partial charge on any atom is -0.453 e. The molecule has 0 bridgehead atoms. The van der Waals surface area contributed by atoms with E-state index >= 15 is 0 Å². The van der Waals surface area contributed by atoms with E-state index in [0.717, 1.165) is 29.5 Å². The molecule has 0 saturated carbocycles. The number of allylic oxidation sites excluding steroid dienone is 1. The van der Waals surface area contributed by atoms with Gasteiger partial charge in [0.2, 0.25) is 11.6 Å². The SMILES string of the molecule is C=CCCC(=O)N[C@@H](CCCCO)C(=O)O[C@@H]1[C@@H](COP(=O)(O)[C@@H]2C(COP(=O)(O)O)OC[C@]2(O)n2ccc(N)nc2=O)OC[C@]1(O)n1cnc2c(N)ncnc21. The Hall–Kier alpha value is -4.23. The summed E-state index contributed by atoms with van der Waals surface area (Å²) < 4.78 is 54.4. The van der Waals surface area contributed by atoms with Gasteiger partial charge in [0.25, 0.3) is 0 Å². The Balaban J connectivity index is 1.49. The predicted octanol–water partition coefficient (Wildman–Crippen LogP) is -2.46. The zero-order valence-electron chi connectivity index (χ0n) is 30.0. The number of hydrogen-bond donors (Lipinski definition) is 9. The van der Waals surface area contributed by atoms with Crippen molar-refractivity contribution in [2.24, 2.45) is 0 Å². The quantitative estimate of drug-likeness (QED) is 0.0261. The summed E-state index contributed by atoms with van der Waals surface area (Å²) >= 11 is 0. The van der Waals surface area contributed by atoms with Crippen molar-refractivity contribution < 1.29 is 72.0 Å². The van der Waals surface area contributed by atoms with Gasteiger partial charge < -0.3 is 65.5 Å². The monoisotopic (exact) mass is 847 g/mol. The van der Waals surface area contributed by atoms with E-state index in [-0.39, 0.29) is 61.5 Å². The molecule has 11 N–H and O–H groups in total. The van der Waals surface area contributed by atoms with Gasteiger partial charge in [-0.3, -0.25) is 23.0 Å². The summed E-state index contributed by atoms with van der Waals surface area (Å²) in [4.78, 5) is 85.1. The molecule has 0 radical (unpaired) electrons. The van der Waals surface area contributed by atoms with Gasteiger partial charge in [0, 0.05) is 19.2 Å². The molecule has 2 aliphatic rings. The number of unbranched alkanes of at least 4 members (excludes halogenated alkanes) is 1. The maximum absolute atomic E-state index is 14.2. The van der Waals surface area contributed by atoms with E-state index in [1.807, 2.05) is 0 Å². The molecule has 0 spiro atoms. The number of rotatable bonds is 19. The number of phosphoric acid groups is 1. The van der Waals surface area contributed by atoms with Crippen LogP contribution in [0.5, 0.6) is 0 Å². The molecule has 314 valence electrons. The molecule has 2 saturated heterocycles. The summed E-state index contributed by atoms with van der Waals surface area (Å²) in [5, 5.41) is 35.9. The summed E-state index contributed by atoms with van der Waals surface area (Å²) in [5.41, 5.74) is 2.97. The molecule has 2 fully saturated rings. The van der Waals surface area contributed by atoms with Crippen LogP contribution in [0.25, 0.3) is 11.2 Å². The number of nitrogens with one attached hydrogen (secondary N) is 1. The first kappa shape index (κ1) is 43.9. The average Bonchev–Trinajstić information content (AvgIpc) is 3.83. The summed E-state index contributed by atoms with van der Waals surface area (Å²) in [5.74, 6) is -1.95. The summed E-state index contributed by atoms with van der Waals surface area (Å²) in [6.07, 6.45) is 0.166. The topological polar surface area (TPSA) is 378 Å². The first-order valence-corrected chi connectivity index (χ1v) is 20.4. The van der Waals surface area contributed by atoms with Crippen molar-refractivity contribution in [3.05, 3.63) is 48.1 Å². The van der Waals surface area contributed by atoms with Crippen LogP contribution < -0.4 is 22.5 Å². The van der Waals surface area contributed by atoms with E-state index in [4.69, 9.17) is 30.2 Å². The number of carbonyl (C=O) groups is 2. The largest absolute Gasteiger partial charge is 0.469 e. The van der Waals surface area contributed by atoms with Gasteiger partial charge in [-0.1, -0.05) is 6.08 Å². The second-order valence-corrected chi connectivity index (χ2v) is 16.3. The fourth-order valence-corrected chi connectivity index (χ4v) is 8.61. The van der Waals surface area contributed by atoms with Crippen molar-refractivity contribution in [3.8, 4) is 0 Å². The smallest absolute Gasteiger partial charge is 0.453 e. The fourth-order valence-electron chi connectivity index (χ4n) is 6.43. The number of carbonyl (C=O) groups excluding carboxylic acids is 2. The highest BCUT2D eigenvalue weighted by Gasteiger charge is 2.62. The van der Waals surface area contributed by atoms with Gasteiger partial charge in [0.15, 0.2) is 23.3 Å². The third kappa shape index (κ3) is 9.74. The molecule has 0 aromatic carbocycles. The highest BCUT2D eigenvalue weighted by molar-refractivity contribution is 7.53. The lowest BCUT2D eigenvalue weighted by Crippen LogP contribution is -2.53. The second kappa shape index (κ2) is 17.7. The van der Waals surface area contributed by atoms with Gasteiger partial charge in [-0.2, -0.15) is 4.98 Å². The van der Waals surface area contributed by atoms with Crippen LogP contribution in [0.1, 0.15) is 32.1 Å². The number of esters is 1. The molecule has 57 heavy (non-hydrogen) atoms. The molecule has 2 unspecified atom stereocenters. The van der Waals surface area contributed by atoms with E-state index in [1.165, 1.54) is 6.08 Å². The van der Waals surface area contributed by atoms with Crippen LogP contribution >= 0.6 is 15.4 Å². The highest BCUT2D eigenvalue weighted by Crippen LogP contribution is 2.58. The standard InChI is InChI=1S/C30H43N9O16P2/c1-2-3-7-21(41)36-17(6-4-5-10-40)27(42)55-23-18(51-13-29(23,44)39-16-35-22-25(32)33-15-34-26(22)39)11-53-56(46,47)24-19(12-54-57(48,49)50)52-14-30(24,45)38-9-8-20(31)37-28(38)43/h2,8-9,15-19,23-24,40,44-45H,1,3-7,10-14H2,(H,36,41)(H,46,47)(H2,31,37,43)(H2,32,33,34)(H2,48,49,50)/t17-,18+,19?,23+,24+,29+,30+/m0/s1. The number of nitrogens with zero attached hydrogens (tertiary/aromatic N) is 6. The lowest BCUT2D eigenvalue weighted by Gasteiger charge is -2.35. The molecular weight excluding hydrogens is 804 g/mol. The Bertz CT molecular complexity index is 2100. The van der Waals surface area contributed by atoms with Gasteiger partial charge in [-0.15, -0.1) is 6.58 Å². The van der Waals surface area contributed by atoms with E-state index in [9.17, 15) is 53.5 Å². The van der Waals surface area contributed by atoms with Crippen molar-refractivity contribution in [1.29, 1.82) is 0 Å². The van der Waals surface area contributed by atoms with Crippen LogP contribution in [0.3, 0.4) is 0 Å². The number of nitrogens with two attached hydrogens (primary N) is 2. The zero-order valence-corrected chi connectivity index (χ0v) is 31.8. The molecule has 3 aromatic heterocycles. The van der Waals surface area contributed by atoms with Crippen molar-refractivity contribution in [3.63, 3.8) is 0 Å². The Morgan fingerprint density at radius 3 is 2.44 bits per heavy atom. The number of amides is 1. The molecule has 1 amide bonds. The van der Waals surface area contributed by atoms with Crippen molar-refractivity contribution in [2.45, 2.75) is 73.6 Å². The average molecular weight is 848 g/mol. The molecule has 27 heteroatoms. The molecule has 8 atom stereocenters. The van der Waals surface area contributed by atoms with Crippen LogP contribution in [0.2, 0.25) is 0 Å². The zero-order chi connectivity index (χ0) is 41.8. The van der Waals surface area contributed by atoms with E-state index in [2.05, 4.69) is 36.4 Å². The highest BCUT2D eigenvalue weighted by atomic mass is 31.2. The summed E-state index contributed by atoms with van der Waals surface area (Å²) in [7, 11) is -10.6. The van der Waals surface area contributed by atoms with Gasteiger partial charge in [0.1, 0.15) is 41.6 Å². The number of aliphatic hydroxyl groups is 3. The molecular formula is C30H43N9O16P2. The van der Waals surface area contributed by atoms with Crippen LogP contribution in [0.15, 0.2) is 42.4 Å². The Morgan fingerprint density at radius 1 is 1.05 bits per heavy atom. The normalized spacial score (nSPS) is 26.6. The molecule has 3 aromatic rings. The number of phosphoric ester groups is 1. The van der Waals surface area contributed by atoms with Crippen molar-refractivity contribution >= 4 is 50.1 Å². The second-order valence-electron chi connectivity index (χ2n) is 13.1. The number of anilines is 2. The Labute approximate surface area is 322 Å². The maximum Gasteiger partial charge on any atom is 0.469 e. The van der Waals surface area contributed by atoms with Gasteiger partial charge >= 0.3 is 27.1 Å². The summed E-state index contributed by atoms with van der Waals surface area (Å²) in [6.45, 7) is -0.296. The molecule has 0 aliphatic carbocycles. The minimum absolute atomic E-state index is 0.00625. The molecule has 5 rings (SSSR count). The number of aromatic nitrogens is 6. The first-order valence-electron chi connectivity index (χ1n) is 17.2. The molecule has 5 heterocycles. The van der Waals surface area contributed by atoms with Crippen molar-refractivity contribution in [1.82, 2.24) is 34.4 Å². The maximum atomic E-state index is 14.2. The number of nitrogen functional groups attached to an aromatic ring is 2. The number of aliphatic hydroxyl groups excluding tert-OH is 1. The third-order valence-electron chi connectivity index (χ3n) is 9.18. The van der Waals surface area contributed by atoms with Crippen LogP contribution in [0.4, 0.5) is 11.6 Å². The van der Waals surface area contributed by atoms with E-state index < -0.39 is 101 Å². The predicted molar refractivity (Wildman–Crippen MR) is 192 cm³/mol. The van der Waals surface area contributed by atoms with Crippen LogP contribution in [-0.2, 0) is 53.4 Å². The molecule has 25 nitrogen and oxygen atoms in total. The third-order valence-corrected chi connectivity index (χ3v) is 11.6. The summed E-state index contributed by atoms with van der Waals surface area (Å²) in [6, 6.07) is -0.225. The Kier molecular flexibility index (Phi) is 13.6. The number of fused-ring (bicyclic) bond motifs is 1. The first-order chi connectivity index (χ1) is 26.8. The van der Waals surface area contributed by atoms with Crippen LogP contribution in [0, 0.1) is 0 Å². The number of hydrogen-bond acceptors (Lipinski definition) is 19. The minimum atomic E-state index is -5.40. The lowest BCUT2D eigenvalue weighted by atomic mass is 10.0. The van der Waals surface area contributed by atoms with Crippen LogP contribution in [-0.4, -0.2) is 134 Å². The number of imidazole rings is 1. The van der Waals surface area contributed by atoms with Gasteiger partial charge in [-0.05, 0) is 31.7 Å². The van der Waals surface area contributed by atoms with Gasteiger partial charge in [-0.25, -0.2) is 29.1 Å². The van der Waals surface area contributed by atoms with E-state index in [1.54, 1.807) is 0 Å².